The number of aryl methyl sites for hydroxylation is 2. The molecule has 3 aromatic heterocycles. The first kappa shape index (κ1) is 17.2. The molecule has 0 aliphatic rings. The molecule has 136 valence electrons. The Morgan fingerprint density at radius 2 is 2.04 bits per heavy atom. The Bertz CT molecular complexity index is 1130. The molecule has 4 rings (SSSR count). The number of aromatic amines is 1. The lowest BCUT2D eigenvalue weighted by molar-refractivity contribution is -0.384. The molecule has 1 aromatic carbocycles. The molecule has 0 fully saturated rings. The molecule has 0 saturated carbocycles. The van der Waals surface area contributed by atoms with Crippen LogP contribution in [-0.2, 0) is 5.75 Å². The minimum absolute atomic E-state index is 0.0826. The molecule has 4 aromatic rings. The van der Waals surface area contributed by atoms with E-state index >= 15 is 0 Å². The van der Waals surface area contributed by atoms with E-state index in [4.69, 9.17) is 0 Å². The van der Waals surface area contributed by atoms with Crippen LogP contribution in [0.4, 0.5) is 5.69 Å². The average Bonchev–Trinajstić information content (AvgIpc) is 3.22. The smallest absolute Gasteiger partial charge is 0.269 e. The van der Waals surface area contributed by atoms with Gasteiger partial charge in [-0.1, -0.05) is 23.9 Å². The number of hydrogen-bond donors (Lipinski definition) is 1. The minimum atomic E-state index is -0.406. The predicted molar refractivity (Wildman–Crippen MR) is 101 cm³/mol. The van der Waals surface area contributed by atoms with Crippen LogP contribution in [0.25, 0.3) is 16.9 Å². The molecule has 0 amide bonds. The number of fused-ring (bicyclic) bond motifs is 1. The summed E-state index contributed by atoms with van der Waals surface area (Å²) >= 11 is 1.51. The molecule has 0 aliphatic heterocycles. The van der Waals surface area contributed by atoms with Crippen molar-refractivity contribution in [3.8, 4) is 5.82 Å². The van der Waals surface area contributed by atoms with Gasteiger partial charge in [-0.15, -0.1) is 5.10 Å². The van der Waals surface area contributed by atoms with Crippen molar-refractivity contribution < 1.29 is 4.92 Å². The van der Waals surface area contributed by atoms with Gasteiger partial charge in [0.1, 0.15) is 5.52 Å². The number of hydrogen-bond acceptors (Lipinski definition) is 7. The van der Waals surface area contributed by atoms with Crippen molar-refractivity contribution in [1.82, 2.24) is 29.9 Å². The van der Waals surface area contributed by atoms with Gasteiger partial charge in [-0.05, 0) is 25.5 Å². The summed E-state index contributed by atoms with van der Waals surface area (Å²) in [5.41, 5.74) is 4.38. The van der Waals surface area contributed by atoms with Gasteiger partial charge in [0.25, 0.3) is 5.69 Å². The molecule has 3 heterocycles. The first-order valence-electron chi connectivity index (χ1n) is 8.12. The van der Waals surface area contributed by atoms with Gasteiger partial charge in [-0.3, -0.25) is 10.1 Å². The number of imidazole rings is 1. The number of nitrogens with zero attached hydrogens (tertiary/aromatic N) is 6. The summed E-state index contributed by atoms with van der Waals surface area (Å²) in [5, 5.41) is 24.2. The van der Waals surface area contributed by atoms with E-state index in [1.165, 1.54) is 23.9 Å². The summed E-state index contributed by atoms with van der Waals surface area (Å²) in [5.74, 6) is 1.21. The van der Waals surface area contributed by atoms with E-state index in [1.54, 1.807) is 23.0 Å². The van der Waals surface area contributed by atoms with E-state index in [0.29, 0.717) is 17.1 Å². The van der Waals surface area contributed by atoms with Crippen molar-refractivity contribution >= 4 is 28.5 Å². The normalized spacial score (nSPS) is 11.2. The number of nitrogens with one attached hydrogen (secondary N) is 1. The third-order valence-electron chi connectivity index (χ3n) is 3.99. The van der Waals surface area contributed by atoms with Crippen LogP contribution in [0.1, 0.15) is 17.0 Å². The Labute approximate surface area is 158 Å². The van der Waals surface area contributed by atoms with Crippen LogP contribution in [0.15, 0.2) is 41.7 Å². The van der Waals surface area contributed by atoms with Gasteiger partial charge >= 0.3 is 0 Å². The molecule has 1 N–H and O–H groups in total. The number of nitro benzene ring substituents is 1. The van der Waals surface area contributed by atoms with Crippen molar-refractivity contribution in [2.75, 3.05) is 0 Å². The second-order valence-corrected chi connectivity index (χ2v) is 6.99. The van der Waals surface area contributed by atoms with Crippen molar-refractivity contribution in [3.63, 3.8) is 0 Å². The Balaban J connectivity index is 1.59. The zero-order chi connectivity index (χ0) is 19.0. The lowest BCUT2D eigenvalue weighted by Gasteiger charge is -2.02. The SMILES string of the molecule is Cc1cc(C)n(-c2nncc3[nH]c(SCc4ccc([N+](=O)[O-])cc4)nc23)n1. The lowest BCUT2D eigenvalue weighted by atomic mass is 10.2. The zero-order valence-electron chi connectivity index (χ0n) is 14.6. The highest BCUT2D eigenvalue weighted by Gasteiger charge is 2.14. The molecule has 0 atom stereocenters. The maximum Gasteiger partial charge on any atom is 0.269 e. The van der Waals surface area contributed by atoms with Crippen LogP contribution in [0.3, 0.4) is 0 Å². The van der Waals surface area contributed by atoms with Crippen LogP contribution in [-0.4, -0.2) is 34.9 Å². The maximum atomic E-state index is 10.7. The standard InChI is InChI=1S/C17H15N7O2S/c1-10-7-11(2)23(22-10)16-15-14(8-18-21-16)19-17(20-15)27-9-12-3-5-13(6-4-12)24(25)26/h3-8H,9H2,1-2H3,(H,19,20). The molecule has 0 bridgehead atoms. The fourth-order valence-corrected chi connectivity index (χ4v) is 3.57. The van der Waals surface area contributed by atoms with Crippen LogP contribution < -0.4 is 0 Å². The van der Waals surface area contributed by atoms with Gasteiger partial charge < -0.3 is 4.98 Å². The molecule has 0 saturated heterocycles. The summed E-state index contributed by atoms with van der Waals surface area (Å²) in [6.07, 6.45) is 1.63. The number of nitro groups is 1. The van der Waals surface area contributed by atoms with Gasteiger partial charge in [0, 0.05) is 23.6 Å². The van der Waals surface area contributed by atoms with E-state index in [9.17, 15) is 10.1 Å². The van der Waals surface area contributed by atoms with Crippen LogP contribution >= 0.6 is 11.8 Å². The van der Waals surface area contributed by atoms with E-state index in [2.05, 4.69) is 25.3 Å². The van der Waals surface area contributed by atoms with Gasteiger partial charge in [-0.2, -0.15) is 10.2 Å². The molecule has 0 unspecified atom stereocenters. The van der Waals surface area contributed by atoms with E-state index in [1.807, 2.05) is 19.9 Å². The highest BCUT2D eigenvalue weighted by Crippen LogP contribution is 2.26. The van der Waals surface area contributed by atoms with E-state index in [0.717, 1.165) is 27.6 Å². The van der Waals surface area contributed by atoms with Crippen LogP contribution in [0, 0.1) is 24.0 Å². The van der Waals surface area contributed by atoms with Gasteiger partial charge in [0.15, 0.2) is 5.16 Å². The Hall–Kier alpha value is -3.27. The third kappa shape index (κ3) is 3.38. The van der Waals surface area contributed by atoms with Gasteiger partial charge in [-0.25, -0.2) is 9.67 Å². The summed E-state index contributed by atoms with van der Waals surface area (Å²) < 4.78 is 1.73. The summed E-state index contributed by atoms with van der Waals surface area (Å²) in [6, 6.07) is 8.47. The molecule has 0 radical (unpaired) electrons. The molecule has 27 heavy (non-hydrogen) atoms. The highest BCUT2D eigenvalue weighted by molar-refractivity contribution is 7.98. The first-order chi connectivity index (χ1) is 13.0. The van der Waals surface area contributed by atoms with Crippen LogP contribution in [0.5, 0.6) is 0 Å². The maximum absolute atomic E-state index is 10.7. The predicted octanol–water partition coefficient (Wildman–Crippen LogP) is 3.36. The molecule has 0 aliphatic carbocycles. The van der Waals surface area contributed by atoms with E-state index in [-0.39, 0.29) is 5.69 Å². The Morgan fingerprint density at radius 3 is 2.70 bits per heavy atom. The number of non-ortho nitro benzene ring substituents is 1. The monoisotopic (exact) mass is 381 g/mol. The zero-order valence-corrected chi connectivity index (χ0v) is 15.4. The first-order valence-corrected chi connectivity index (χ1v) is 9.11. The second kappa shape index (κ2) is 6.80. The molecular formula is C17H15N7O2S. The molecule has 9 nitrogen and oxygen atoms in total. The number of benzene rings is 1. The molecule has 10 heteroatoms. The molecule has 0 spiro atoms. The van der Waals surface area contributed by atoms with Gasteiger partial charge in [0.2, 0.25) is 5.82 Å². The highest BCUT2D eigenvalue weighted by atomic mass is 32.2. The van der Waals surface area contributed by atoms with Gasteiger partial charge in [0.05, 0.1) is 22.3 Å². The van der Waals surface area contributed by atoms with Crippen molar-refractivity contribution in [2.24, 2.45) is 0 Å². The fraction of sp³-hybridized carbons (Fsp3) is 0.176. The number of H-pyrrole nitrogens is 1. The lowest BCUT2D eigenvalue weighted by Crippen LogP contribution is -2.04. The summed E-state index contributed by atoms with van der Waals surface area (Å²) in [4.78, 5) is 18.2. The topological polar surface area (TPSA) is 115 Å². The largest absolute Gasteiger partial charge is 0.331 e. The average molecular weight is 381 g/mol. The second-order valence-electron chi connectivity index (χ2n) is 6.02. The van der Waals surface area contributed by atoms with E-state index < -0.39 is 4.92 Å². The number of aromatic nitrogens is 6. The quantitative estimate of drug-likeness (QED) is 0.320. The minimum Gasteiger partial charge on any atom is -0.331 e. The van der Waals surface area contributed by atoms with Crippen LogP contribution in [0.2, 0.25) is 0 Å². The number of rotatable bonds is 5. The Morgan fingerprint density at radius 1 is 1.26 bits per heavy atom. The Kier molecular flexibility index (Phi) is 4.32. The fourth-order valence-electron chi connectivity index (χ4n) is 2.74. The summed E-state index contributed by atoms with van der Waals surface area (Å²) in [7, 11) is 0. The van der Waals surface area contributed by atoms with Crippen molar-refractivity contribution in [3.05, 3.63) is 63.6 Å². The third-order valence-corrected chi connectivity index (χ3v) is 4.94. The number of thioether (sulfide) groups is 1. The molecular weight excluding hydrogens is 366 g/mol. The van der Waals surface area contributed by atoms with Crippen molar-refractivity contribution in [2.45, 2.75) is 24.8 Å². The van der Waals surface area contributed by atoms with Crippen molar-refractivity contribution in [1.29, 1.82) is 0 Å². The summed E-state index contributed by atoms with van der Waals surface area (Å²) in [6.45, 7) is 3.88.